The Morgan fingerprint density at radius 2 is 1.80 bits per heavy atom. The van der Waals surface area contributed by atoms with Gasteiger partial charge in [0.05, 0.1) is 19.7 Å². The number of carbonyl (C=O) groups excluding carboxylic acids is 1. The highest BCUT2D eigenvalue weighted by molar-refractivity contribution is 5.93. The summed E-state index contributed by atoms with van der Waals surface area (Å²) in [4.78, 5) is 16.5. The lowest BCUT2D eigenvalue weighted by molar-refractivity contribution is 0.0598. The number of carbonyl (C=O) groups is 1. The van der Waals surface area contributed by atoms with Gasteiger partial charge in [0, 0.05) is 17.6 Å². The van der Waals surface area contributed by atoms with Crippen LogP contribution in [0.2, 0.25) is 0 Å². The van der Waals surface area contributed by atoms with Crippen LogP contribution in [0, 0.1) is 0 Å². The standard InChI is InChI=1S/C23H24N2O5/c1-27-21-13-17-18(14-22(21)29-15-7-10-24-11-8-15)25-12-9-20(17)30-19-6-4-3-5-16(19)23(26)28-2/h3-6,9,12-15,24H,7-8,10-11H2,1-2H3. The molecule has 7 nitrogen and oxygen atoms in total. The van der Waals surface area contributed by atoms with E-state index in [1.165, 1.54) is 7.11 Å². The van der Waals surface area contributed by atoms with Crippen molar-refractivity contribution in [2.45, 2.75) is 18.9 Å². The first kappa shape index (κ1) is 20.0. The van der Waals surface area contributed by atoms with Gasteiger partial charge in [-0.1, -0.05) is 12.1 Å². The molecule has 0 amide bonds. The van der Waals surface area contributed by atoms with Gasteiger partial charge in [0.2, 0.25) is 0 Å². The molecule has 0 unspecified atom stereocenters. The van der Waals surface area contributed by atoms with Crippen molar-refractivity contribution in [2.75, 3.05) is 27.3 Å². The lowest BCUT2D eigenvalue weighted by atomic mass is 10.1. The summed E-state index contributed by atoms with van der Waals surface area (Å²) in [5.74, 6) is 1.78. The summed E-state index contributed by atoms with van der Waals surface area (Å²) >= 11 is 0. The van der Waals surface area contributed by atoms with Crippen LogP contribution in [-0.2, 0) is 4.74 Å². The molecule has 30 heavy (non-hydrogen) atoms. The molecule has 0 saturated carbocycles. The number of pyridine rings is 1. The number of ether oxygens (including phenoxy) is 4. The van der Waals surface area contributed by atoms with Gasteiger partial charge in [-0.05, 0) is 50.2 Å². The number of rotatable bonds is 6. The van der Waals surface area contributed by atoms with Crippen molar-refractivity contribution in [3.63, 3.8) is 0 Å². The molecule has 1 aliphatic rings. The molecule has 3 aromatic rings. The third kappa shape index (κ3) is 4.16. The summed E-state index contributed by atoms with van der Waals surface area (Å²) in [6.07, 6.45) is 3.70. The lowest BCUT2D eigenvalue weighted by Gasteiger charge is -2.25. The average Bonchev–Trinajstić information content (AvgIpc) is 2.79. The molecule has 1 aromatic heterocycles. The predicted molar refractivity (Wildman–Crippen MR) is 113 cm³/mol. The van der Waals surface area contributed by atoms with Crippen LogP contribution in [0.15, 0.2) is 48.7 Å². The highest BCUT2D eigenvalue weighted by Gasteiger charge is 2.19. The second kappa shape index (κ2) is 9.00. The second-order valence-corrected chi connectivity index (χ2v) is 6.99. The van der Waals surface area contributed by atoms with E-state index >= 15 is 0 Å². The smallest absolute Gasteiger partial charge is 0.341 e. The first-order valence-electron chi connectivity index (χ1n) is 9.89. The summed E-state index contributed by atoms with van der Waals surface area (Å²) < 4.78 is 22.7. The number of aromatic nitrogens is 1. The van der Waals surface area contributed by atoms with E-state index in [4.69, 9.17) is 18.9 Å². The Morgan fingerprint density at radius 3 is 2.57 bits per heavy atom. The number of nitrogens with one attached hydrogen (secondary N) is 1. The van der Waals surface area contributed by atoms with E-state index in [1.54, 1.807) is 43.6 Å². The topological polar surface area (TPSA) is 78.9 Å². The number of hydrogen-bond acceptors (Lipinski definition) is 7. The molecule has 7 heteroatoms. The molecule has 1 aliphatic heterocycles. The van der Waals surface area contributed by atoms with E-state index in [-0.39, 0.29) is 6.10 Å². The van der Waals surface area contributed by atoms with Gasteiger partial charge in [-0.2, -0.15) is 0 Å². The van der Waals surface area contributed by atoms with Gasteiger partial charge in [0.1, 0.15) is 23.2 Å². The molecule has 0 atom stereocenters. The van der Waals surface area contributed by atoms with Gasteiger partial charge < -0.3 is 24.3 Å². The van der Waals surface area contributed by atoms with Crippen molar-refractivity contribution in [2.24, 2.45) is 0 Å². The van der Waals surface area contributed by atoms with E-state index in [0.717, 1.165) is 31.3 Å². The van der Waals surface area contributed by atoms with E-state index < -0.39 is 5.97 Å². The fourth-order valence-corrected chi connectivity index (χ4v) is 3.51. The Balaban J connectivity index is 1.69. The molecule has 2 aromatic carbocycles. The summed E-state index contributed by atoms with van der Waals surface area (Å²) in [6, 6.07) is 12.4. The van der Waals surface area contributed by atoms with Gasteiger partial charge in [-0.3, -0.25) is 4.98 Å². The maximum Gasteiger partial charge on any atom is 0.341 e. The molecule has 156 valence electrons. The van der Waals surface area contributed by atoms with Crippen molar-refractivity contribution in [3.8, 4) is 23.0 Å². The Kier molecular flexibility index (Phi) is 5.99. The quantitative estimate of drug-likeness (QED) is 0.619. The zero-order chi connectivity index (χ0) is 20.9. The Labute approximate surface area is 174 Å². The molecular weight excluding hydrogens is 384 g/mol. The molecule has 0 radical (unpaired) electrons. The van der Waals surface area contributed by atoms with Crippen molar-refractivity contribution in [3.05, 3.63) is 54.2 Å². The summed E-state index contributed by atoms with van der Waals surface area (Å²) in [5, 5.41) is 4.09. The van der Waals surface area contributed by atoms with E-state index in [1.807, 2.05) is 12.1 Å². The van der Waals surface area contributed by atoms with Crippen molar-refractivity contribution in [1.29, 1.82) is 0 Å². The maximum atomic E-state index is 12.1. The highest BCUT2D eigenvalue weighted by Crippen LogP contribution is 2.38. The molecule has 1 saturated heterocycles. The van der Waals surface area contributed by atoms with Gasteiger partial charge in [-0.15, -0.1) is 0 Å². The number of hydrogen-bond donors (Lipinski definition) is 1. The number of nitrogens with zero attached hydrogens (tertiary/aromatic N) is 1. The first-order valence-corrected chi connectivity index (χ1v) is 9.89. The molecular formula is C23H24N2O5. The van der Waals surface area contributed by atoms with Crippen LogP contribution in [0.25, 0.3) is 10.9 Å². The Bertz CT molecular complexity index is 1050. The summed E-state index contributed by atoms with van der Waals surface area (Å²) in [7, 11) is 2.95. The third-order valence-electron chi connectivity index (χ3n) is 5.08. The number of benzene rings is 2. The number of fused-ring (bicyclic) bond motifs is 1. The normalized spacial score (nSPS) is 14.3. The largest absolute Gasteiger partial charge is 0.493 e. The van der Waals surface area contributed by atoms with Crippen LogP contribution < -0.4 is 19.5 Å². The summed E-state index contributed by atoms with van der Waals surface area (Å²) in [5.41, 5.74) is 1.07. The molecule has 0 aliphatic carbocycles. The van der Waals surface area contributed by atoms with Gasteiger partial charge in [-0.25, -0.2) is 4.79 Å². The number of para-hydroxylation sites is 1. The van der Waals surface area contributed by atoms with E-state index in [2.05, 4.69) is 10.3 Å². The van der Waals surface area contributed by atoms with Crippen LogP contribution >= 0.6 is 0 Å². The monoisotopic (exact) mass is 408 g/mol. The van der Waals surface area contributed by atoms with Crippen LogP contribution in [-0.4, -0.2) is 44.4 Å². The number of methoxy groups -OCH3 is 2. The lowest BCUT2D eigenvalue weighted by Crippen LogP contribution is -2.34. The minimum atomic E-state index is -0.459. The molecule has 4 rings (SSSR count). The summed E-state index contributed by atoms with van der Waals surface area (Å²) in [6.45, 7) is 1.88. The van der Waals surface area contributed by atoms with Crippen LogP contribution in [0.3, 0.4) is 0 Å². The third-order valence-corrected chi connectivity index (χ3v) is 5.08. The van der Waals surface area contributed by atoms with Crippen LogP contribution in [0.1, 0.15) is 23.2 Å². The SMILES string of the molecule is COC(=O)c1ccccc1Oc1ccnc2cc(OC3CCNCC3)c(OC)cc12. The maximum absolute atomic E-state index is 12.1. The molecule has 0 spiro atoms. The van der Waals surface area contributed by atoms with Gasteiger partial charge in [0.25, 0.3) is 0 Å². The zero-order valence-electron chi connectivity index (χ0n) is 17.0. The fraction of sp³-hybridized carbons (Fsp3) is 0.304. The number of piperidine rings is 1. The fourth-order valence-electron chi connectivity index (χ4n) is 3.51. The zero-order valence-corrected chi connectivity index (χ0v) is 17.0. The van der Waals surface area contributed by atoms with Crippen molar-refractivity contribution < 1.29 is 23.7 Å². The number of esters is 1. The second-order valence-electron chi connectivity index (χ2n) is 6.99. The van der Waals surface area contributed by atoms with Gasteiger partial charge >= 0.3 is 5.97 Å². The van der Waals surface area contributed by atoms with E-state index in [9.17, 15) is 4.79 Å². The molecule has 2 heterocycles. The van der Waals surface area contributed by atoms with Crippen molar-refractivity contribution in [1.82, 2.24) is 10.3 Å². The molecule has 1 N–H and O–H groups in total. The Morgan fingerprint density at radius 1 is 1.00 bits per heavy atom. The predicted octanol–water partition coefficient (Wildman–Crippen LogP) is 3.95. The van der Waals surface area contributed by atoms with Crippen molar-refractivity contribution >= 4 is 16.9 Å². The minimum absolute atomic E-state index is 0.143. The first-order chi connectivity index (χ1) is 14.7. The Hall–Kier alpha value is -3.32. The van der Waals surface area contributed by atoms with Crippen LogP contribution in [0.5, 0.6) is 23.0 Å². The van der Waals surface area contributed by atoms with Gasteiger partial charge in [0.15, 0.2) is 11.5 Å². The van der Waals surface area contributed by atoms with E-state index in [0.29, 0.717) is 34.1 Å². The van der Waals surface area contributed by atoms with Crippen LogP contribution in [0.4, 0.5) is 0 Å². The average molecular weight is 408 g/mol. The molecule has 1 fully saturated rings. The highest BCUT2D eigenvalue weighted by atomic mass is 16.5. The molecule has 0 bridgehead atoms. The minimum Gasteiger partial charge on any atom is -0.493 e.